The molecule has 0 spiro atoms. The van der Waals surface area contributed by atoms with Crippen molar-refractivity contribution in [3.05, 3.63) is 29.3 Å². The third-order valence-corrected chi connectivity index (χ3v) is 4.13. The van der Waals surface area contributed by atoms with E-state index in [1.54, 1.807) is 25.7 Å². The van der Waals surface area contributed by atoms with Gasteiger partial charge < -0.3 is 20.1 Å². The molecule has 0 aliphatic heterocycles. The summed E-state index contributed by atoms with van der Waals surface area (Å²) in [5.41, 5.74) is 1.17. The van der Waals surface area contributed by atoms with Gasteiger partial charge in [-0.3, -0.25) is 4.79 Å². The van der Waals surface area contributed by atoms with Crippen molar-refractivity contribution in [3.63, 3.8) is 0 Å². The minimum absolute atomic E-state index is 0.127. The molecule has 0 saturated heterocycles. The summed E-state index contributed by atoms with van der Waals surface area (Å²) in [7, 11) is 3.19. The zero-order chi connectivity index (χ0) is 16.8. The van der Waals surface area contributed by atoms with Gasteiger partial charge in [-0.2, -0.15) is 0 Å². The van der Waals surface area contributed by atoms with E-state index >= 15 is 0 Å². The van der Waals surface area contributed by atoms with Crippen LogP contribution in [-0.4, -0.2) is 31.2 Å². The van der Waals surface area contributed by atoms with Crippen molar-refractivity contribution in [3.8, 4) is 11.5 Å². The minimum atomic E-state index is -0.162. The molecule has 23 heavy (non-hydrogen) atoms. The Morgan fingerprint density at radius 1 is 1.35 bits per heavy atom. The zero-order valence-corrected chi connectivity index (χ0v) is 14.5. The molecule has 1 atom stereocenters. The van der Waals surface area contributed by atoms with Crippen LogP contribution in [0.1, 0.15) is 30.8 Å². The fourth-order valence-electron chi connectivity index (χ4n) is 1.85. The van der Waals surface area contributed by atoms with Crippen LogP contribution in [-0.2, 0) is 0 Å². The van der Waals surface area contributed by atoms with Crippen molar-refractivity contribution in [2.45, 2.75) is 26.3 Å². The number of ether oxygens (including phenoxy) is 2. The van der Waals surface area contributed by atoms with Crippen molar-refractivity contribution in [2.75, 3.05) is 19.5 Å². The van der Waals surface area contributed by atoms with Gasteiger partial charge in [0, 0.05) is 17.5 Å². The first-order chi connectivity index (χ1) is 11.1. The maximum atomic E-state index is 12.1. The van der Waals surface area contributed by atoms with Crippen molar-refractivity contribution in [2.24, 2.45) is 0 Å². The van der Waals surface area contributed by atoms with Crippen molar-refractivity contribution in [1.82, 2.24) is 10.3 Å². The highest BCUT2D eigenvalue weighted by Crippen LogP contribution is 2.32. The average molecular weight is 335 g/mol. The standard InChI is InChI=1S/C16H21N3O3S/c1-5-10(2)17-15(20)13-9-23-16(19-13)18-12-7-6-11(21-3)8-14(12)22-4/h6-10H,5H2,1-4H3,(H,17,20)(H,18,19). The van der Waals surface area contributed by atoms with Crippen molar-refractivity contribution >= 4 is 28.1 Å². The van der Waals surface area contributed by atoms with E-state index in [0.717, 1.165) is 12.1 Å². The summed E-state index contributed by atoms with van der Waals surface area (Å²) in [6.07, 6.45) is 0.879. The molecule has 2 rings (SSSR count). The van der Waals surface area contributed by atoms with Crippen LogP contribution in [0.3, 0.4) is 0 Å². The molecule has 2 aromatic rings. The fourth-order valence-corrected chi connectivity index (χ4v) is 2.56. The van der Waals surface area contributed by atoms with E-state index < -0.39 is 0 Å². The lowest BCUT2D eigenvalue weighted by molar-refractivity contribution is 0.0935. The number of methoxy groups -OCH3 is 2. The first-order valence-electron chi connectivity index (χ1n) is 7.32. The molecular formula is C16H21N3O3S. The summed E-state index contributed by atoms with van der Waals surface area (Å²) in [6, 6.07) is 5.58. The van der Waals surface area contributed by atoms with Crippen LogP contribution >= 0.6 is 11.3 Å². The smallest absolute Gasteiger partial charge is 0.271 e. The number of nitrogens with zero attached hydrogens (tertiary/aromatic N) is 1. The largest absolute Gasteiger partial charge is 0.497 e. The molecular weight excluding hydrogens is 314 g/mol. The van der Waals surface area contributed by atoms with Gasteiger partial charge in [-0.25, -0.2) is 4.98 Å². The Balaban J connectivity index is 2.11. The lowest BCUT2D eigenvalue weighted by Crippen LogP contribution is -2.32. The third-order valence-electron chi connectivity index (χ3n) is 3.38. The number of aromatic nitrogens is 1. The highest BCUT2D eigenvalue weighted by molar-refractivity contribution is 7.14. The molecule has 7 heteroatoms. The van der Waals surface area contributed by atoms with Gasteiger partial charge in [0.25, 0.3) is 5.91 Å². The van der Waals surface area contributed by atoms with Crippen LogP contribution in [0.25, 0.3) is 0 Å². The van der Waals surface area contributed by atoms with Crippen molar-refractivity contribution in [1.29, 1.82) is 0 Å². The van der Waals surface area contributed by atoms with E-state index in [0.29, 0.717) is 22.3 Å². The number of hydrogen-bond acceptors (Lipinski definition) is 6. The van der Waals surface area contributed by atoms with Gasteiger partial charge in [0.15, 0.2) is 5.13 Å². The van der Waals surface area contributed by atoms with Crippen molar-refractivity contribution < 1.29 is 14.3 Å². The molecule has 1 aromatic carbocycles. The molecule has 1 amide bonds. The Morgan fingerprint density at radius 3 is 2.78 bits per heavy atom. The predicted molar refractivity (Wildman–Crippen MR) is 92.2 cm³/mol. The lowest BCUT2D eigenvalue weighted by atomic mass is 10.2. The zero-order valence-electron chi connectivity index (χ0n) is 13.7. The average Bonchev–Trinajstić information content (AvgIpc) is 3.03. The monoisotopic (exact) mass is 335 g/mol. The Hall–Kier alpha value is -2.28. The quantitative estimate of drug-likeness (QED) is 0.811. The first kappa shape index (κ1) is 17.1. The lowest BCUT2D eigenvalue weighted by Gasteiger charge is -2.11. The Kier molecular flexibility index (Phi) is 5.81. The summed E-state index contributed by atoms with van der Waals surface area (Å²) < 4.78 is 10.5. The van der Waals surface area contributed by atoms with Gasteiger partial charge in [-0.1, -0.05) is 6.92 Å². The Labute approximate surface area is 139 Å². The van der Waals surface area contributed by atoms with Gasteiger partial charge in [0.1, 0.15) is 17.2 Å². The number of anilines is 2. The number of amides is 1. The SMILES string of the molecule is CCC(C)NC(=O)c1csc(Nc2ccc(OC)cc2OC)n1. The summed E-state index contributed by atoms with van der Waals surface area (Å²) in [6.45, 7) is 3.99. The minimum Gasteiger partial charge on any atom is -0.497 e. The summed E-state index contributed by atoms with van der Waals surface area (Å²) in [4.78, 5) is 16.4. The molecule has 0 fully saturated rings. The molecule has 0 aliphatic rings. The number of thiazole rings is 1. The maximum absolute atomic E-state index is 12.1. The van der Waals surface area contributed by atoms with E-state index in [2.05, 4.69) is 15.6 Å². The predicted octanol–water partition coefficient (Wildman–Crippen LogP) is 3.43. The molecule has 6 nitrogen and oxygen atoms in total. The van der Waals surface area contributed by atoms with Crippen LogP contribution in [0.2, 0.25) is 0 Å². The number of nitrogens with one attached hydrogen (secondary N) is 2. The van der Waals surface area contributed by atoms with E-state index in [4.69, 9.17) is 9.47 Å². The van der Waals surface area contributed by atoms with E-state index in [1.165, 1.54) is 11.3 Å². The molecule has 2 N–H and O–H groups in total. The van der Waals surface area contributed by atoms with Crippen LogP contribution in [0, 0.1) is 0 Å². The molecule has 0 saturated carbocycles. The maximum Gasteiger partial charge on any atom is 0.271 e. The topological polar surface area (TPSA) is 72.5 Å². The highest BCUT2D eigenvalue weighted by Gasteiger charge is 2.14. The van der Waals surface area contributed by atoms with Gasteiger partial charge in [0.2, 0.25) is 0 Å². The Bertz CT molecular complexity index is 672. The molecule has 124 valence electrons. The fraction of sp³-hybridized carbons (Fsp3) is 0.375. The van der Waals surface area contributed by atoms with Crippen LogP contribution < -0.4 is 20.1 Å². The van der Waals surface area contributed by atoms with Crippen LogP contribution in [0.5, 0.6) is 11.5 Å². The van der Waals surface area contributed by atoms with Crippen LogP contribution in [0.15, 0.2) is 23.6 Å². The molecule has 1 aromatic heterocycles. The number of hydrogen-bond donors (Lipinski definition) is 2. The van der Waals surface area contributed by atoms with Gasteiger partial charge >= 0.3 is 0 Å². The third kappa shape index (κ3) is 4.35. The molecule has 0 radical (unpaired) electrons. The molecule has 1 unspecified atom stereocenters. The van der Waals surface area contributed by atoms with Crippen LogP contribution in [0.4, 0.5) is 10.8 Å². The van der Waals surface area contributed by atoms with Gasteiger partial charge in [0.05, 0.1) is 19.9 Å². The second-order valence-electron chi connectivity index (χ2n) is 5.01. The molecule has 0 aliphatic carbocycles. The highest BCUT2D eigenvalue weighted by atomic mass is 32.1. The second kappa shape index (κ2) is 7.82. The first-order valence-corrected chi connectivity index (χ1v) is 8.20. The number of carbonyl (C=O) groups excluding carboxylic acids is 1. The van der Waals surface area contributed by atoms with E-state index in [9.17, 15) is 4.79 Å². The second-order valence-corrected chi connectivity index (χ2v) is 5.87. The molecule has 0 bridgehead atoms. The van der Waals surface area contributed by atoms with Gasteiger partial charge in [-0.15, -0.1) is 11.3 Å². The Morgan fingerprint density at radius 2 is 2.13 bits per heavy atom. The van der Waals surface area contributed by atoms with E-state index in [1.807, 2.05) is 26.0 Å². The summed E-state index contributed by atoms with van der Waals surface area (Å²) in [5, 5.41) is 8.42. The number of benzene rings is 1. The van der Waals surface area contributed by atoms with E-state index in [-0.39, 0.29) is 11.9 Å². The molecule has 1 heterocycles. The normalized spacial score (nSPS) is 11.7. The number of rotatable bonds is 7. The van der Waals surface area contributed by atoms with Gasteiger partial charge in [-0.05, 0) is 25.5 Å². The summed E-state index contributed by atoms with van der Waals surface area (Å²) >= 11 is 1.37. The number of carbonyl (C=O) groups is 1. The summed E-state index contributed by atoms with van der Waals surface area (Å²) in [5.74, 6) is 1.19.